The summed E-state index contributed by atoms with van der Waals surface area (Å²) in [6, 6.07) is 6.16. The SMILES string of the molecule is CC(C)(CNC1CC1)Cc1ccc(C(F)(F)F)cc1. The van der Waals surface area contributed by atoms with Crippen LogP contribution < -0.4 is 5.32 Å². The quantitative estimate of drug-likeness (QED) is 0.852. The number of nitrogens with one attached hydrogen (secondary N) is 1. The Balaban J connectivity index is 1.93. The first-order valence-corrected chi connectivity index (χ1v) is 6.66. The minimum Gasteiger partial charge on any atom is -0.313 e. The predicted molar refractivity (Wildman–Crippen MR) is 70.0 cm³/mol. The maximum absolute atomic E-state index is 12.5. The normalized spacial score (nSPS) is 16.7. The van der Waals surface area contributed by atoms with Crippen LogP contribution in [0, 0.1) is 5.41 Å². The molecule has 0 unspecified atom stereocenters. The first-order chi connectivity index (χ1) is 8.76. The molecule has 0 aromatic heterocycles. The van der Waals surface area contributed by atoms with Gasteiger partial charge in [-0.15, -0.1) is 0 Å². The van der Waals surface area contributed by atoms with Crippen molar-refractivity contribution < 1.29 is 13.2 Å². The Bertz CT molecular complexity index is 416. The van der Waals surface area contributed by atoms with E-state index in [-0.39, 0.29) is 5.41 Å². The number of hydrogen-bond donors (Lipinski definition) is 1. The third kappa shape index (κ3) is 4.53. The number of halogens is 3. The summed E-state index contributed by atoms with van der Waals surface area (Å²) in [6.07, 6.45) is -0.973. The van der Waals surface area contributed by atoms with Gasteiger partial charge < -0.3 is 5.32 Å². The van der Waals surface area contributed by atoms with Crippen molar-refractivity contribution in [2.75, 3.05) is 6.54 Å². The third-order valence-electron chi connectivity index (χ3n) is 3.41. The standard InChI is InChI=1S/C15H20F3N/c1-14(2,10-19-13-7-8-13)9-11-3-5-12(6-4-11)15(16,17)18/h3-6,13,19H,7-10H2,1-2H3. The minimum absolute atomic E-state index is 0.0579. The van der Waals surface area contributed by atoms with Crippen molar-refractivity contribution in [3.8, 4) is 0 Å². The molecule has 0 bridgehead atoms. The molecule has 1 aromatic rings. The number of rotatable bonds is 5. The lowest BCUT2D eigenvalue weighted by molar-refractivity contribution is -0.137. The van der Waals surface area contributed by atoms with E-state index in [1.54, 1.807) is 12.1 Å². The molecule has 1 fully saturated rings. The molecule has 0 saturated heterocycles. The summed E-state index contributed by atoms with van der Waals surface area (Å²) >= 11 is 0. The van der Waals surface area contributed by atoms with Gasteiger partial charge in [-0.3, -0.25) is 0 Å². The molecule has 0 aliphatic heterocycles. The zero-order chi connectivity index (χ0) is 14.1. The van der Waals surface area contributed by atoms with Crippen molar-refractivity contribution in [3.63, 3.8) is 0 Å². The van der Waals surface area contributed by atoms with Crippen LogP contribution in [0.15, 0.2) is 24.3 Å². The van der Waals surface area contributed by atoms with Gasteiger partial charge in [0, 0.05) is 12.6 Å². The van der Waals surface area contributed by atoms with Crippen LogP contribution in [0.2, 0.25) is 0 Å². The molecule has 1 aliphatic rings. The van der Waals surface area contributed by atoms with Gasteiger partial charge in [0.25, 0.3) is 0 Å². The van der Waals surface area contributed by atoms with E-state index in [4.69, 9.17) is 0 Å². The highest BCUT2D eigenvalue weighted by Gasteiger charge is 2.30. The lowest BCUT2D eigenvalue weighted by Gasteiger charge is -2.25. The number of hydrogen-bond acceptors (Lipinski definition) is 1. The fourth-order valence-corrected chi connectivity index (χ4v) is 2.13. The fourth-order valence-electron chi connectivity index (χ4n) is 2.13. The van der Waals surface area contributed by atoms with Gasteiger partial charge in [-0.05, 0) is 42.4 Å². The van der Waals surface area contributed by atoms with Gasteiger partial charge in [-0.25, -0.2) is 0 Å². The summed E-state index contributed by atoms with van der Waals surface area (Å²) in [7, 11) is 0. The van der Waals surface area contributed by atoms with Crippen molar-refractivity contribution in [3.05, 3.63) is 35.4 Å². The maximum atomic E-state index is 12.5. The Morgan fingerprint density at radius 3 is 2.16 bits per heavy atom. The van der Waals surface area contributed by atoms with Crippen LogP contribution in [-0.4, -0.2) is 12.6 Å². The van der Waals surface area contributed by atoms with Crippen LogP contribution in [-0.2, 0) is 12.6 Å². The van der Waals surface area contributed by atoms with Gasteiger partial charge in [0.1, 0.15) is 0 Å². The molecule has 0 heterocycles. The molecular weight excluding hydrogens is 251 g/mol. The summed E-state index contributed by atoms with van der Waals surface area (Å²) < 4.78 is 37.4. The van der Waals surface area contributed by atoms with E-state index in [1.165, 1.54) is 25.0 Å². The van der Waals surface area contributed by atoms with Gasteiger partial charge in [-0.1, -0.05) is 26.0 Å². The van der Waals surface area contributed by atoms with E-state index < -0.39 is 11.7 Å². The predicted octanol–water partition coefficient (Wildman–Crippen LogP) is 4.03. The molecule has 19 heavy (non-hydrogen) atoms. The topological polar surface area (TPSA) is 12.0 Å². The average Bonchev–Trinajstić information content (AvgIpc) is 3.09. The maximum Gasteiger partial charge on any atom is 0.416 e. The minimum atomic E-state index is -4.25. The van der Waals surface area contributed by atoms with Crippen LogP contribution in [0.3, 0.4) is 0 Å². The molecule has 2 rings (SSSR count). The zero-order valence-corrected chi connectivity index (χ0v) is 11.3. The van der Waals surface area contributed by atoms with Gasteiger partial charge in [0.05, 0.1) is 5.56 Å². The lowest BCUT2D eigenvalue weighted by atomic mass is 9.85. The molecule has 0 atom stereocenters. The molecule has 0 radical (unpaired) electrons. The second-order valence-electron chi connectivity index (χ2n) is 6.19. The van der Waals surface area contributed by atoms with E-state index in [0.717, 1.165) is 18.5 Å². The second kappa shape index (κ2) is 5.16. The van der Waals surface area contributed by atoms with Crippen molar-refractivity contribution in [1.82, 2.24) is 5.32 Å². The molecule has 0 amide bonds. The van der Waals surface area contributed by atoms with Crippen LogP contribution >= 0.6 is 0 Å². The van der Waals surface area contributed by atoms with E-state index in [0.29, 0.717) is 6.04 Å². The molecular formula is C15H20F3N. The fraction of sp³-hybridized carbons (Fsp3) is 0.600. The summed E-state index contributed by atoms with van der Waals surface area (Å²) in [5.74, 6) is 0. The number of alkyl halides is 3. The Kier molecular flexibility index (Phi) is 3.90. The van der Waals surface area contributed by atoms with Crippen LogP contribution in [0.5, 0.6) is 0 Å². The Morgan fingerprint density at radius 1 is 1.11 bits per heavy atom. The summed E-state index contributed by atoms with van der Waals surface area (Å²) in [6.45, 7) is 5.18. The zero-order valence-electron chi connectivity index (χ0n) is 11.3. The Labute approximate surface area is 112 Å². The third-order valence-corrected chi connectivity index (χ3v) is 3.41. The molecule has 1 saturated carbocycles. The van der Waals surface area contributed by atoms with Crippen LogP contribution in [0.4, 0.5) is 13.2 Å². The van der Waals surface area contributed by atoms with Gasteiger partial charge in [0.2, 0.25) is 0 Å². The van der Waals surface area contributed by atoms with Gasteiger partial charge in [0.15, 0.2) is 0 Å². The molecule has 1 aromatic carbocycles. The van der Waals surface area contributed by atoms with Crippen LogP contribution in [0.1, 0.15) is 37.8 Å². The van der Waals surface area contributed by atoms with Gasteiger partial charge in [-0.2, -0.15) is 13.2 Å². The molecule has 1 aliphatic carbocycles. The highest BCUT2D eigenvalue weighted by Crippen LogP contribution is 2.30. The van der Waals surface area contributed by atoms with Crippen LogP contribution in [0.25, 0.3) is 0 Å². The highest BCUT2D eigenvalue weighted by molar-refractivity contribution is 5.25. The Hall–Kier alpha value is -1.03. The molecule has 1 N–H and O–H groups in total. The van der Waals surface area contributed by atoms with E-state index in [2.05, 4.69) is 19.2 Å². The lowest BCUT2D eigenvalue weighted by Crippen LogP contribution is -2.32. The number of benzene rings is 1. The largest absolute Gasteiger partial charge is 0.416 e. The van der Waals surface area contributed by atoms with Crippen molar-refractivity contribution in [2.45, 2.75) is 45.3 Å². The highest BCUT2D eigenvalue weighted by atomic mass is 19.4. The van der Waals surface area contributed by atoms with E-state index in [1.807, 2.05) is 0 Å². The van der Waals surface area contributed by atoms with Crippen molar-refractivity contribution >= 4 is 0 Å². The Morgan fingerprint density at radius 2 is 1.68 bits per heavy atom. The van der Waals surface area contributed by atoms with Crippen molar-refractivity contribution in [1.29, 1.82) is 0 Å². The smallest absolute Gasteiger partial charge is 0.313 e. The summed E-state index contributed by atoms with van der Waals surface area (Å²) in [5.41, 5.74) is 0.434. The molecule has 4 heteroatoms. The van der Waals surface area contributed by atoms with E-state index >= 15 is 0 Å². The first kappa shape index (κ1) is 14.4. The molecule has 1 nitrogen and oxygen atoms in total. The monoisotopic (exact) mass is 271 g/mol. The van der Waals surface area contributed by atoms with Gasteiger partial charge >= 0.3 is 6.18 Å². The average molecular weight is 271 g/mol. The second-order valence-corrected chi connectivity index (χ2v) is 6.19. The molecule has 0 spiro atoms. The van der Waals surface area contributed by atoms with E-state index in [9.17, 15) is 13.2 Å². The first-order valence-electron chi connectivity index (χ1n) is 6.66. The summed E-state index contributed by atoms with van der Waals surface area (Å²) in [5, 5.41) is 3.47. The molecule has 106 valence electrons. The summed E-state index contributed by atoms with van der Waals surface area (Å²) in [4.78, 5) is 0. The van der Waals surface area contributed by atoms with Crippen molar-refractivity contribution in [2.24, 2.45) is 5.41 Å².